The lowest BCUT2D eigenvalue weighted by Crippen LogP contribution is -2.56. The van der Waals surface area contributed by atoms with Crippen LogP contribution in [0.3, 0.4) is 0 Å². The molecule has 4 fully saturated rings. The minimum absolute atomic E-state index is 0.127. The molecule has 0 aromatic rings. The Kier molecular flexibility index (Phi) is 5.30. The van der Waals surface area contributed by atoms with Gasteiger partial charge in [-0.05, 0) is 51.5 Å². The van der Waals surface area contributed by atoms with Crippen molar-refractivity contribution < 1.29 is 9.59 Å². The van der Waals surface area contributed by atoms with E-state index in [0.717, 1.165) is 58.3 Å². The van der Waals surface area contributed by atoms with Gasteiger partial charge in [0.1, 0.15) is 0 Å². The van der Waals surface area contributed by atoms with E-state index in [9.17, 15) is 9.59 Å². The lowest BCUT2D eigenvalue weighted by molar-refractivity contribution is -0.141. The molecule has 0 aromatic carbocycles. The molecule has 25 heavy (non-hydrogen) atoms. The Morgan fingerprint density at radius 3 is 2.16 bits per heavy atom. The van der Waals surface area contributed by atoms with Gasteiger partial charge in [0.25, 0.3) is 0 Å². The molecule has 5 heteroatoms. The molecule has 0 radical (unpaired) electrons. The molecule has 3 heterocycles. The van der Waals surface area contributed by atoms with Gasteiger partial charge in [-0.3, -0.25) is 14.5 Å². The van der Waals surface area contributed by atoms with Crippen LogP contribution in [0.5, 0.6) is 0 Å². The summed E-state index contributed by atoms with van der Waals surface area (Å²) in [4.78, 5) is 31.9. The highest BCUT2D eigenvalue weighted by molar-refractivity contribution is 5.82. The van der Waals surface area contributed by atoms with Gasteiger partial charge in [-0.25, -0.2) is 0 Å². The monoisotopic (exact) mass is 347 g/mol. The minimum atomic E-state index is 0.127. The predicted octanol–water partition coefficient (Wildman–Crippen LogP) is 2.40. The van der Waals surface area contributed by atoms with E-state index in [2.05, 4.69) is 14.7 Å². The maximum absolute atomic E-state index is 13.2. The normalized spacial score (nSPS) is 30.4. The Hall–Kier alpha value is -1.10. The summed E-state index contributed by atoms with van der Waals surface area (Å²) in [6, 6.07) is 1.15. The van der Waals surface area contributed by atoms with E-state index in [1.807, 2.05) is 0 Å². The van der Waals surface area contributed by atoms with Crippen LogP contribution in [0.15, 0.2) is 0 Å². The first kappa shape index (κ1) is 17.3. The molecule has 1 aliphatic carbocycles. The molecule has 3 saturated heterocycles. The first-order valence-corrected chi connectivity index (χ1v) is 10.6. The van der Waals surface area contributed by atoms with Crippen LogP contribution < -0.4 is 0 Å². The summed E-state index contributed by atoms with van der Waals surface area (Å²) in [7, 11) is 0. The van der Waals surface area contributed by atoms with Gasteiger partial charge in [-0.15, -0.1) is 0 Å². The predicted molar refractivity (Wildman–Crippen MR) is 97.2 cm³/mol. The molecule has 0 bridgehead atoms. The number of carbonyl (C=O) groups is 2. The number of amides is 2. The van der Waals surface area contributed by atoms with E-state index in [0.29, 0.717) is 23.9 Å². The Bertz CT molecular complexity index is 495. The highest BCUT2D eigenvalue weighted by Gasteiger charge is 2.38. The van der Waals surface area contributed by atoms with Crippen molar-refractivity contribution in [2.24, 2.45) is 0 Å². The van der Waals surface area contributed by atoms with Gasteiger partial charge in [0, 0.05) is 38.1 Å². The van der Waals surface area contributed by atoms with Gasteiger partial charge in [0.05, 0.1) is 6.04 Å². The van der Waals surface area contributed by atoms with Crippen molar-refractivity contribution >= 4 is 11.8 Å². The molecule has 4 aliphatic rings. The van der Waals surface area contributed by atoms with Crippen LogP contribution in [-0.4, -0.2) is 70.8 Å². The maximum Gasteiger partial charge on any atom is 0.239 e. The first-order valence-electron chi connectivity index (χ1n) is 10.6. The minimum Gasteiger partial charge on any atom is -0.341 e. The van der Waals surface area contributed by atoms with Crippen molar-refractivity contribution in [3.05, 3.63) is 0 Å². The third kappa shape index (κ3) is 3.57. The Morgan fingerprint density at radius 2 is 1.48 bits per heavy atom. The summed E-state index contributed by atoms with van der Waals surface area (Å²) >= 11 is 0. The average molecular weight is 348 g/mol. The molecule has 0 unspecified atom stereocenters. The third-order valence-corrected chi connectivity index (χ3v) is 6.95. The second-order valence-electron chi connectivity index (χ2n) is 8.43. The fourth-order valence-electron chi connectivity index (χ4n) is 5.56. The Morgan fingerprint density at radius 1 is 0.760 bits per heavy atom. The van der Waals surface area contributed by atoms with Gasteiger partial charge >= 0.3 is 0 Å². The quantitative estimate of drug-likeness (QED) is 0.787. The van der Waals surface area contributed by atoms with Gasteiger partial charge < -0.3 is 9.80 Å². The molecule has 1 saturated carbocycles. The smallest absolute Gasteiger partial charge is 0.239 e. The molecule has 4 rings (SSSR count). The maximum atomic E-state index is 13.2. The van der Waals surface area contributed by atoms with E-state index in [-0.39, 0.29) is 6.04 Å². The number of carbonyl (C=O) groups excluding carboxylic acids is 2. The summed E-state index contributed by atoms with van der Waals surface area (Å²) in [6.45, 7) is 3.71. The zero-order chi connectivity index (χ0) is 17.2. The summed E-state index contributed by atoms with van der Waals surface area (Å²) < 4.78 is 0. The highest BCUT2D eigenvalue weighted by atomic mass is 16.2. The van der Waals surface area contributed by atoms with Crippen molar-refractivity contribution in [3.8, 4) is 0 Å². The standard InChI is InChI=1S/C20H33N3O2/c24-19-9-5-13-23(19)17-10-14-21(15-11-17)20(25)18-8-3-4-12-22(18)16-6-1-2-7-16/h16-18H,1-15H2/t18-/m0/s1. The number of hydrogen-bond donors (Lipinski definition) is 0. The molecule has 0 spiro atoms. The molecule has 0 aromatic heterocycles. The molecular weight excluding hydrogens is 314 g/mol. The topological polar surface area (TPSA) is 43.9 Å². The first-order chi connectivity index (χ1) is 12.2. The number of likely N-dealkylation sites (tertiary alicyclic amines) is 3. The van der Waals surface area contributed by atoms with Crippen molar-refractivity contribution in [2.75, 3.05) is 26.2 Å². The largest absolute Gasteiger partial charge is 0.341 e. The second kappa shape index (κ2) is 7.65. The van der Waals surface area contributed by atoms with Crippen molar-refractivity contribution in [2.45, 2.75) is 88.8 Å². The number of hydrogen-bond acceptors (Lipinski definition) is 3. The fraction of sp³-hybridized carbons (Fsp3) is 0.900. The molecule has 3 aliphatic heterocycles. The van der Waals surface area contributed by atoms with Crippen LogP contribution in [0.4, 0.5) is 0 Å². The number of rotatable bonds is 3. The van der Waals surface area contributed by atoms with Gasteiger partial charge in [-0.2, -0.15) is 0 Å². The molecule has 1 atom stereocenters. The SMILES string of the molecule is O=C([C@@H]1CCCCN1C1CCCC1)N1CCC(N2CCCC2=O)CC1. The van der Waals surface area contributed by atoms with E-state index in [1.54, 1.807) is 0 Å². The Labute approximate surface area is 151 Å². The van der Waals surface area contributed by atoms with Crippen LogP contribution in [0, 0.1) is 0 Å². The van der Waals surface area contributed by atoms with E-state index in [1.165, 1.54) is 38.5 Å². The van der Waals surface area contributed by atoms with Gasteiger partial charge in [-0.1, -0.05) is 19.3 Å². The lowest BCUT2D eigenvalue weighted by atomic mass is 9.96. The summed E-state index contributed by atoms with van der Waals surface area (Å²) in [5.74, 6) is 0.697. The average Bonchev–Trinajstić information content (AvgIpc) is 3.33. The van der Waals surface area contributed by atoms with Crippen LogP contribution in [0.2, 0.25) is 0 Å². The fourth-order valence-corrected chi connectivity index (χ4v) is 5.56. The van der Waals surface area contributed by atoms with Crippen LogP contribution >= 0.6 is 0 Å². The second-order valence-corrected chi connectivity index (χ2v) is 8.43. The molecular formula is C20H33N3O2. The van der Waals surface area contributed by atoms with E-state index in [4.69, 9.17) is 0 Å². The zero-order valence-electron chi connectivity index (χ0n) is 15.5. The van der Waals surface area contributed by atoms with E-state index >= 15 is 0 Å². The van der Waals surface area contributed by atoms with Gasteiger partial charge in [0.15, 0.2) is 0 Å². The number of piperidine rings is 2. The highest BCUT2D eigenvalue weighted by Crippen LogP contribution is 2.31. The summed E-state index contributed by atoms with van der Waals surface area (Å²) in [6.07, 6.45) is 12.4. The molecule has 5 nitrogen and oxygen atoms in total. The Balaban J connectivity index is 1.35. The molecule has 0 N–H and O–H groups in total. The van der Waals surface area contributed by atoms with Crippen LogP contribution in [0.1, 0.15) is 70.6 Å². The lowest BCUT2D eigenvalue weighted by Gasteiger charge is -2.43. The van der Waals surface area contributed by atoms with Crippen molar-refractivity contribution in [1.29, 1.82) is 0 Å². The molecule has 2 amide bonds. The van der Waals surface area contributed by atoms with Gasteiger partial charge in [0.2, 0.25) is 11.8 Å². The number of nitrogens with zero attached hydrogens (tertiary/aromatic N) is 3. The van der Waals surface area contributed by atoms with Crippen molar-refractivity contribution in [1.82, 2.24) is 14.7 Å². The molecule has 140 valence electrons. The van der Waals surface area contributed by atoms with Crippen LogP contribution in [-0.2, 0) is 9.59 Å². The van der Waals surface area contributed by atoms with Crippen LogP contribution in [0.25, 0.3) is 0 Å². The summed E-state index contributed by atoms with van der Waals surface area (Å²) in [5.41, 5.74) is 0. The summed E-state index contributed by atoms with van der Waals surface area (Å²) in [5, 5.41) is 0. The zero-order valence-corrected chi connectivity index (χ0v) is 15.5. The third-order valence-electron chi connectivity index (χ3n) is 6.95. The van der Waals surface area contributed by atoms with E-state index < -0.39 is 0 Å². The van der Waals surface area contributed by atoms with Crippen molar-refractivity contribution in [3.63, 3.8) is 0 Å².